The predicted molar refractivity (Wildman–Crippen MR) is 65.4 cm³/mol. The zero-order valence-corrected chi connectivity index (χ0v) is 10.3. The Morgan fingerprint density at radius 1 is 1.25 bits per heavy atom. The third-order valence-corrected chi connectivity index (χ3v) is 3.22. The van der Waals surface area contributed by atoms with Crippen LogP contribution in [-0.4, -0.2) is 11.4 Å². The Kier molecular flexibility index (Phi) is 2.75. The van der Waals surface area contributed by atoms with Crippen molar-refractivity contribution in [2.24, 2.45) is 0 Å². The van der Waals surface area contributed by atoms with Crippen molar-refractivity contribution in [3.05, 3.63) is 34.9 Å². The van der Waals surface area contributed by atoms with Gasteiger partial charge in [0.1, 0.15) is 0 Å². The molecule has 0 bridgehead atoms. The molecule has 2 rings (SSSR count). The molecular weight excluding hydrogens is 198 g/mol. The van der Waals surface area contributed by atoms with Crippen molar-refractivity contribution in [2.45, 2.75) is 45.6 Å². The molecule has 1 amide bonds. The number of nitrogens with one attached hydrogen (secondary N) is 1. The molecule has 1 saturated heterocycles. The van der Waals surface area contributed by atoms with Crippen LogP contribution in [-0.2, 0) is 11.2 Å². The quantitative estimate of drug-likeness (QED) is 0.810. The number of carbonyl (C=O) groups is 1. The molecule has 1 N–H and O–H groups in total. The summed E-state index contributed by atoms with van der Waals surface area (Å²) >= 11 is 0. The van der Waals surface area contributed by atoms with Crippen LogP contribution in [0.5, 0.6) is 0 Å². The fourth-order valence-electron chi connectivity index (χ4n) is 2.61. The van der Waals surface area contributed by atoms with E-state index < -0.39 is 0 Å². The molecule has 1 heterocycles. The number of carbonyl (C=O) groups excluding carboxylic acids is 1. The molecule has 0 spiro atoms. The van der Waals surface area contributed by atoms with E-state index in [1.165, 1.54) is 16.7 Å². The van der Waals surface area contributed by atoms with Crippen LogP contribution in [0.1, 0.15) is 36.5 Å². The second-order valence-electron chi connectivity index (χ2n) is 5.28. The van der Waals surface area contributed by atoms with Crippen molar-refractivity contribution in [2.75, 3.05) is 0 Å². The van der Waals surface area contributed by atoms with Crippen LogP contribution >= 0.6 is 0 Å². The minimum Gasteiger partial charge on any atom is -0.351 e. The third kappa shape index (κ3) is 2.43. The van der Waals surface area contributed by atoms with E-state index in [1.54, 1.807) is 0 Å². The molecule has 16 heavy (non-hydrogen) atoms. The fourth-order valence-corrected chi connectivity index (χ4v) is 2.61. The summed E-state index contributed by atoms with van der Waals surface area (Å²) in [6, 6.07) is 6.60. The Morgan fingerprint density at radius 2 is 1.88 bits per heavy atom. The lowest BCUT2D eigenvalue weighted by molar-refractivity contribution is -0.119. The Bertz CT molecular complexity index is 404. The number of amides is 1. The first-order valence-electron chi connectivity index (χ1n) is 5.85. The van der Waals surface area contributed by atoms with Crippen molar-refractivity contribution in [3.63, 3.8) is 0 Å². The van der Waals surface area contributed by atoms with Gasteiger partial charge in [-0.2, -0.15) is 0 Å². The van der Waals surface area contributed by atoms with Gasteiger partial charge in [0.25, 0.3) is 0 Å². The second-order valence-corrected chi connectivity index (χ2v) is 5.28. The number of hydrogen-bond donors (Lipinski definition) is 1. The maximum atomic E-state index is 11.3. The van der Waals surface area contributed by atoms with Crippen molar-refractivity contribution in [1.29, 1.82) is 0 Å². The molecule has 0 aromatic heterocycles. The zero-order chi connectivity index (χ0) is 11.8. The highest BCUT2D eigenvalue weighted by Crippen LogP contribution is 2.25. The summed E-state index contributed by atoms with van der Waals surface area (Å²) in [5, 5.41) is 3.08. The summed E-state index contributed by atoms with van der Waals surface area (Å²) in [5.74, 6) is 0.187. The molecule has 0 radical (unpaired) electrons. The largest absolute Gasteiger partial charge is 0.351 e. The first kappa shape index (κ1) is 11.2. The van der Waals surface area contributed by atoms with Gasteiger partial charge in [0.2, 0.25) is 5.91 Å². The van der Waals surface area contributed by atoms with E-state index in [9.17, 15) is 4.79 Å². The van der Waals surface area contributed by atoms with Gasteiger partial charge in [-0.25, -0.2) is 0 Å². The lowest BCUT2D eigenvalue weighted by atomic mass is 9.90. The zero-order valence-electron chi connectivity index (χ0n) is 10.3. The van der Waals surface area contributed by atoms with Gasteiger partial charge in [0.05, 0.1) is 0 Å². The van der Waals surface area contributed by atoms with E-state index >= 15 is 0 Å². The number of benzene rings is 1. The molecule has 0 saturated carbocycles. The van der Waals surface area contributed by atoms with Crippen molar-refractivity contribution < 1.29 is 4.79 Å². The van der Waals surface area contributed by atoms with E-state index in [4.69, 9.17) is 0 Å². The van der Waals surface area contributed by atoms with Crippen LogP contribution in [0.15, 0.2) is 18.2 Å². The molecule has 1 unspecified atom stereocenters. The van der Waals surface area contributed by atoms with Gasteiger partial charge in [0, 0.05) is 12.0 Å². The van der Waals surface area contributed by atoms with Crippen LogP contribution in [0, 0.1) is 13.8 Å². The van der Waals surface area contributed by atoms with Gasteiger partial charge >= 0.3 is 0 Å². The lowest BCUT2D eigenvalue weighted by Crippen LogP contribution is -2.40. The molecule has 1 atom stereocenters. The van der Waals surface area contributed by atoms with E-state index in [-0.39, 0.29) is 11.4 Å². The van der Waals surface area contributed by atoms with Crippen LogP contribution in [0.25, 0.3) is 0 Å². The highest BCUT2D eigenvalue weighted by Gasteiger charge is 2.32. The van der Waals surface area contributed by atoms with Crippen LogP contribution in [0.2, 0.25) is 0 Å². The molecule has 2 heteroatoms. The Morgan fingerprint density at radius 3 is 2.38 bits per heavy atom. The average Bonchev–Trinajstić information content (AvgIpc) is 2.43. The molecular formula is C14H19NO. The maximum absolute atomic E-state index is 11.3. The molecule has 1 aliphatic rings. The lowest BCUT2D eigenvalue weighted by Gasteiger charge is -2.24. The van der Waals surface area contributed by atoms with Crippen molar-refractivity contribution in [3.8, 4) is 0 Å². The standard InChI is InChI=1S/C14H19NO/c1-10-6-11(2)8-12(7-10)9-14(3)5-4-13(16)15-14/h6-8H,4-5,9H2,1-3H3,(H,15,16). The van der Waals surface area contributed by atoms with E-state index in [2.05, 4.69) is 44.3 Å². The smallest absolute Gasteiger partial charge is 0.220 e. The Hall–Kier alpha value is -1.31. The monoisotopic (exact) mass is 217 g/mol. The summed E-state index contributed by atoms with van der Waals surface area (Å²) in [7, 11) is 0. The topological polar surface area (TPSA) is 29.1 Å². The fraction of sp³-hybridized carbons (Fsp3) is 0.500. The molecule has 86 valence electrons. The number of hydrogen-bond acceptors (Lipinski definition) is 1. The SMILES string of the molecule is Cc1cc(C)cc(CC2(C)CCC(=O)N2)c1. The first-order valence-corrected chi connectivity index (χ1v) is 5.85. The summed E-state index contributed by atoms with van der Waals surface area (Å²) in [5.41, 5.74) is 3.87. The Labute approximate surface area is 97.1 Å². The van der Waals surface area contributed by atoms with Crippen molar-refractivity contribution >= 4 is 5.91 Å². The molecule has 0 aliphatic carbocycles. The van der Waals surface area contributed by atoms with Gasteiger partial charge < -0.3 is 5.32 Å². The number of aryl methyl sites for hydroxylation is 2. The van der Waals surface area contributed by atoms with Gasteiger partial charge in [-0.05, 0) is 39.2 Å². The van der Waals surface area contributed by atoms with Crippen molar-refractivity contribution in [1.82, 2.24) is 5.32 Å². The van der Waals surface area contributed by atoms with Gasteiger partial charge in [-0.1, -0.05) is 29.3 Å². The first-order chi connectivity index (χ1) is 7.47. The minimum atomic E-state index is -0.0443. The molecule has 1 aromatic carbocycles. The Balaban J connectivity index is 2.17. The molecule has 2 nitrogen and oxygen atoms in total. The molecule has 1 fully saturated rings. The summed E-state index contributed by atoms with van der Waals surface area (Å²) in [4.78, 5) is 11.3. The summed E-state index contributed by atoms with van der Waals surface area (Å²) in [6.45, 7) is 6.37. The molecule has 1 aliphatic heterocycles. The van der Waals surface area contributed by atoms with E-state index in [0.29, 0.717) is 6.42 Å². The number of rotatable bonds is 2. The van der Waals surface area contributed by atoms with Gasteiger partial charge in [0.15, 0.2) is 0 Å². The summed E-state index contributed by atoms with van der Waals surface area (Å²) in [6.07, 6.45) is 2.54. The molecule has 1 aromatic rings. The minimum absolute atomic E-state index is 0.0443. The van der Waals surface area contributed by atoms with Crippen LogP contribution in [0.4, 0.5) is 0 Å². The van der Waals surface area contributed by atoms with Crippen LogP contribution in [0.3, 0.4) is 0 Å². The normalized spacial score (nSPS) is 24.6. The van der Waals surface area contributed by atoms with E-state index in [0.717, 1.165) is 12.8 Å². The average molecular weight is 217 g/mol. The van der Waals surface area contributed by atoms with Crippen LogP contribution < -0.4 is 5.32 Å². The third-order valence-electron chi connectivity index (χ3n) is 3.22. The summed E-state index contributed by atoms with van der Waals surface area (Å²) < 4.78 is 0. The highest BCUT2D eigenvalue weighted by molar-refractivity contribution is 5.79. The highest BCUT2D eigenvalue weighted by atomic mass is 16.2. The van der Waals surface area contributed by atoms with E-state index in [1.807, 2.05) is 0 Å². The predicted octanol–water partition coefficient (Wildman–Crippen LogP) is 2.51. The second kappa shape index (κ2) is 3.93. The van der Waals surface area contributed by atoms with Gasteiger partial charge in [-0.3, -0.25) is 4.79 Å². The van der Waals surface area contributed by atoms with Gasteiger partial charge in [-0.15, -0.1) is 0 Å². The maximum Gasteiger partial charge on any atom is 0.220 e.